The number of unbranched alkanes of at least 4 members (excludes halogenated alkanes) is 1. The molecule has 3 saturated heterocycles. The largest absolute Gasteiger partial charge is 0.396 e. The first-order chi connectivity index (χ1) is 13.4. The number of hydrogen-bond donors (Lipinski definition) is 3. The number of rotatable bonds is 9. The number of carbonyl (C=O) groups is 3. The summed E-state index contributed by atoms with van der Waals surface area (Å²) in [6.07, 6.45) is 3.76. The van der Waals surface area contributed by atoms with Gasteiger partial charge in [0, 0.05) is 31.0 Å². The van der Waals surface area contributed by atoms with Crippen LogP contribution in [0.1, 0.15) is 52.9 Å². The molecule has 0 saturated carbocycles. The molecule has 3 aliphatic heterocycles. The molecule has 0 radical (unpaired) electrons. The van der Waals surface area contributed by atoms with Crippen molar-refractivity contribution in [3.8, 4) is 0 Å². The zero-order chi connectivity index (χ0) is 20.5. The molecule has 7 nitrogen and oxygen atoms in total. The van der Waals surface area contributed by atoms with Crippen LogP contribution in [0.5, 0.6) is 0 Å². The maximum atomic E-state index is 13.4. The molecular formula is C20H33N3O4S. The fourth-order valence-corrected chi connectivity index (χ4v) is 7.34. The Labute approximate surface area is 171 Å². The van der Waals surface area contributed by atoms with Gasteiger partial charge in [-0.25, -0.2) is 0 Å². The Morgan fingerprint density at radius 3 is 2.71 bits per heavy atom. The number of hydrogen-bond acceptors (Lipinski definition) is 5. The Morgan fingerprint density at radius 2 is 2.07 bits per heavy atom. The minimum absolute atomic E-state index is 0.00963. The molecule has 158 valence electrons. The summed E-state index contributed by atoms with van der Waals surface area (Å²) in [4.78, 5) is 41.2. The SMILES string of the molecule is CCCNC(=O)[C@@H]1[C@H]2C(=O)N(CCCCO)C(C(=O)NC(C)C)C23CC[C@H]1S3. The van der Waals surface area contributed by atoms with E-state index in [1.54, 1.807) is 16.7 Å². The monoisotopic (exact) mass is 411 g/mol. The number of nitrogens with zero attached hydrogens (tertiary/aromatic N) is 1. The lowest BCUT2D eigenvalue weighted by Gasteiger charge is -2.34. The maximum absolute atomic E-state index is 13.4. The van der Waals surface area contributed by atoms with Gasteiger partial charge in [0.1, 0.15) is 6.04 Å². The van der Waals surface area contributed by atoms with Gasteiger partial charge in [-0.3, -0.25) is 14.4 Å². The van der Waals surface area contributed by atoms with E-state index in [1.807, 2.05) is 20.8 Å². The summed E-state index contributed by atoms with van der Waals surface area (Å²) in [6, 6.07) is -0.547. The van der Waals surface area contributed by atoms with E-state index in [0.29, 0.717) is 25.9 Å². The van der Waals surface area contributed by atoms with E-state index in [1.165, 1.54) is 0 Å². The first kappa shape index (κ1) is 21.4. The van der Waals surface area contributed by atoms with Crippen molar-refractivity contribution < 1.29 is 19.5 Å². The average Bonchev–Trinajstić information content (AvgIpc) is 3.27. The second-order valence-electron chi connectivity index (χ2n) is 8.47. The number of aliphatic hydroxyl groups excluding tert-OH is 1. The van der Waals surface area contributed by atoms with E-state index in [4.69, 9.17) is 5.11 Å². The highest BCUT2D eigenvalue weighted by molar-refractivity contribution is 8.02. The number of nitrogens with one attached hydrogen (secondary N) is 2. The zero-order valence-corrected chi connectivity index (χ0v) is 17.9. The van der Waals surface area contributed by atoms with E-state index in [2.05, 4.69) is 10.6 Å². The summed E-state index contributed by atoms with van der Waals surface area (Å²) in [5, 5.41) is 15.2. The van der Waals surface area contributed by atoms with Crippen LogP contribution in [-0.4, -0.2) is 69.5 Å². The van der Waals surface area contributed by atoms with Gasteiger partial charge in [-0.1, -0.05) is 6.92 Å². The Bertz CT molecular complexity index is 629. The number of aliphatic hydroxyl groups is 1. The average molecular weight is 412 g/mol. The fourth-order valence-electron chi connectivity index (χ4n) is 5.12. The third kappa shape index (κ3) is 3.54. The molecule has 3 amide bonds. The third-order valence-corrected chi connectivity index (χ3v) is 8.09. The minimum atomic E-state index is -0.537. The van der Waals surface area contributed by atoms with Crippen molar-refractivity contribution in [3.63, 3.8) is 0 Å². The molecule has 1 spiro atoms. The summed E-state index contributed by atoms with van der Waals surface area (Å²) in [7, 11) is 0. The maximum Gasteiger partial charge on any atom is 0.244 e. The molecule has 28 heavy (non-hydrogen) atoms. The summed E-state index contributed by atoms with van der Waals surface area (Å²) >= 11 is 1.70. The third-order valence-electron chi connectivity index (χ3n) is 6.14. The summed E-state index contributed by atoms with van der Waals surface area (Å²) in [6.45, 7) is 6.96. The van der Waals surface area contributed by atoms with Gasteiger partial charge < -0.3 is 20.6 Å². The van der Waals surface area contributed by atoms with E-state index < -0.39 is 16.7 Å². The second kappa shape index (κ2) is 8.61. The summed E-state index contributed by atoms with van der Waals surface area (Å²) in [5.41, 5.74) is 0. The first-order valence-corrected chi connectivity index (χ1v) is 11.4. The normalized spacial score (nSPS) is 33.5. The molecule has 3 heterocycles. The van der Waals surface area contributed by atoms with Crippen LogP contribution in [0.15, 0.2) is 0 Å². The summed E-state index contributed by atoms with van der Waals surface area (Å²) in [5.74, 6) is -0.995. The van der Waals surface area contributed by atoms with Crippen molar-refractivity contribution in [2.45, 2.75) is 75.0 Å². The van der Waals surface area contributed by atoms with E-state index in [9.17, 15) is 14.4 Å². The van der Waals surface area contributed by atoms with Gasteiger partial charge in [0.15, 0.2) is 0 Å². The molecule has 3 N–H and O–H groups in total. The van der Waals surface area contributed by atoms with Gasteiger partial charge >= 0.3 is 0 Å². The minimum Gasteiger partial charge on any atom is -0.396 e. The zero-order valence-electron chi connectivity index (χ0n) is 17.1. The van der Waals surface area contributed by atoms with Gasteiger partial charge in [0.05, 0.1) is 16.6 Å². The molecule has 0 aromatic rings. The quantitative estimate of drug-likeness (QED) is 0.490. The number of thioether (sulfide) groups is 1. The predicted molar refractivity (Wildman–Crippen MR) is 109 cm³/mol. The van der Waals surface area contributed by atoms with Crippen molar-refractivity contribution in [3.05, 3.63) is 0 Å². The molecule has 5 atom stereocenters. The van der Waals surface area contributed by atoms with E-state index in [-0.39, 0.29) is 41.5 Å². The van der Waals surface area contributed by atoms with Crippen molar-refractivity contribution in [2.75, 3.05) is 19.7 Å². The second-order valence-corrected chi connectivity index (χ2v) is 10.1. The molecule has 2 bridgehead atoms. The molecule has 3 fully saturated rings. The molecule has 0 aromatic heterocycles. The van der Waals surface area contributed by atoms with Crippen LogP contribution < -0.4 is 10.6 Å². The molecule has 0 aromatic carbocycles. The molecule has 2 unspecified atom stereocenters. The van der Waals surface area contributed by atoms with Crippen LogP contribution in [0.4, 0.5) is 0 Å². The lowest BCUT2D eigenvalue weighted by Crippen LogP contribution is -2.55. The predicted octanol–water partition coefficient (Wildman–Crippen LogP) is 0.901. The van der Waals surface area contributed by atoms with Gasteiger partial charge in [-0.15, -0.1) is 11.8 Å². The molecule has 3 aliphatic rings. The van der Waals surface area contributed by atoms with Crippen LogP contribution >= 0.6 is 11.8 Å². The van der Waals surface area contributed by atoms with Crippen molar-refractivity contribution in [2.24, 2.45) is 11.8 Å². The molecule has 8 heteroatoms. The van der Waals surface area contributed by atoms with Gasteiger partial charge in [0.2, 0.25) is 17.7 Å². The Hall–Kier alpha value is -1.28. The van der Waals surface area contributed by atoms with Crippen molar-refractivity contribution in [1.29, 1.82) is 0 Å². The molecule has 3 rings (SSSR count). The smallest absolute Gasteiger partial charge is 0.244 e. The first-order valence-electron chi connectivity index (χ1n) is 10.5. The lowest BCUT2D eigenvalue weighted by molar-refractivity contribution is -0.140. The summed E-state index contributed by atoms with van der Waals surface area (Å²) < 4.78 is -0.506. The van der Waals surface area contributed by atoms with Crippen LogP contribution in [0.25, 0.3) is 0 Å². The highest BCUT2D eigenvalue weighted by Gasteiger charge is 2.73. The standard InChI is InChI=1S/C20H33N3O4S/c1-4-9-21-17(25)14-13-7-8-20(28-13)15(14)19(27)23(10-5-6-11-24)16(20)18(26)22-12(2)3/h12-16,24H,4-11H2,1-3H3,(H,21,25)(H,22,26)/t13-,14+,15+,16?,20?/m1/s1. The van der Waals surface area contributed by atoms with Gasteiger partial charge in [-0.05, 0) is 46.0 Å². The van der Waals surface area contributed by atoms with Gasteiger partial charge in [0.25, 0.3) is 0 Å². The van der Waals surface area contributed by atoms with Crippen LogP contribution in [0.2, 0.25) is 0 Å². The van der Waals surface area contributed by atoms with E-state index in [0.717, 1.165) is 19.3 Å². The van der Waals surface area contributed by atoms with Gasteiger partial charge in [-0.2, -0.15) is 0 Å². The molecule has 0 aliphatic carbocycles. The van der Waals surface area contributed by atoms with Crippen molar-refractivity contribution in [1.82, 2.24) is 15.5 Å². The van der Waals surface area contributed by atoms with Crippen LogP contribution in [0, 0.1) is 11.8 Å². The van der Waals surface area contributed by atoms with Crippen molar-refractivity contribution >= 4 is 29.5 Å². The molecular weight excluding hydrogens is 378 g/mol. The number of carbonyl (C=O) groups excluding carboxylic acids is 3. The van der Waals surface area contributed by atoms with Crippen LogP contribution in [-0.2, 0) is 14.4 Å². The highest BCUT2D eigenvalue weighted by Crippen LogP contribution is 2.66. The number of amides is 3. The lowest BCUT2D eigenvalue weighted by atomic mass is 9.70. The van der Waals surface area contributed by atoms with Crippen LogP contribution in [0.3, 0.4) is 0 Å². The number of fused-ring (bicyclic) bond motifs is 1. The Morgan fingerprint density at radius 1 is 1.32 bits per heavy atom. The highest BCUT2D eigenvalue weighted by atomic mass is 32.2. The fraction of sp³-hybridized carbons (Fsp3) is 0.850. The Balaban J connectivity index is 1.91. The van der Waals surface area contributed by atoms with E-state index >= 15 is 0 Å². The topological polar surface area (TPSA) is 98.7 Å². The number of likely N-dealkylation sites (tertiary alicyclic amines) is 1. The Kier molecular flexibility index (Phi) is 6.59.